The number of aromatic amines is 1. The summed E-state index contributed by atoms with van der Waals surface area (Å²) >= 11 is 3.46. The van der Waals surface area contributed by atoms with Crippen LogP contribution in [0.3, 0.4) is 0 Å². The molecule has 1 aromatic heterocycles. The number of hydrogen-bond acceptors (Lipinski definition) is 2. The minimum absolute atomic E-state index is 0.398. The van der Waals surface area contributed by atoms with Gasteiger partial charge in [0.15, 0.2) is 0 Å². The van der Waals surface area contributed by atoms with Crippen LogP contribution in [0.25, 0.3) is 10.9 Å². The van der Waals surface area contributed by atoms with Crippen molar-refractivity contribution in [2.75, 3.05) is 13.2 Å². The second kappa shape index (κ2) is 4.42. The summed E-state index contributed by atoms with van der Waals surface area (Å²) in [4.78, 5) is 3.26. The van der Waals surface area contributed by atoms with Gasteiger partial charge < -0.3 is 9.72 Å². The summed E-state index contributed by atoms with van der Waals surface area (Å²) in [5.41, 5.74) is 1.78. The largest absolute Gasteiger partial charge is 0.381 e. The van der Waals surface area contributed by atoms with E-state index in [-0.39, 0.29) is 0 Å². The van der Waals surface area contributed by atoms with Gasteiger partial charge in [-0.3, -0.25) is 0 Å². The van der Waals surface area contributed by atoms with E-state index in [1.54, 1.807) is 0 Å². The fourth-order valence-electron chi connectivity index (χ4n) is 2.66. The van der Waals surface area contributed by atoms with Gasteiger partial charge >= 0.3 is 0 Å². The summed E-state index contributed by atoms with van der Waals surface area (Å²) in [5, 5.41) is 10.7. The smallest absolute Gasteiger partial charge is 0.0886 e. The molecule has 0 bridgehead atoms. The molecule has 2 heterocycles. The zero-order chi connectivity index (χ0) is 12.6. The lowest BCUT2D eigenvalue weighted by atomic mass is 9.75. The molecule has 0 aliphatic carbocycles. The van der Waals surface area contributed by atoms with Crippen LogP contribution in [-0.4, -0.2) is 18.2 Å². The average molecular weight is 305 g/mol. The highest BCUT2D eigenvalue weighted by Crippen LogP contribution is 2.38. The number of rotatable bonds is 1. The van der Waals surface area contributed by atoms with Crippen molar-refractivity contribution in [2.24, 2.45) is 0 Å². The van der Waals surface area contributed by atoms with Crippen molar-refractivity contribution in [1.82, 2.24) is 4.98 Å². The number of nitriles is 1. The van der Waals surface area contributed by atoms with E-state index in [1.807, 2.05) is 18.3 Å². The van der Waals surface area contributed by atoms with Crippen molar-refractivity contribution < 1.29 is 4.74 Å². The van der Waals surface area contributed by atoms with Crippen molar-refractivity contribution >= 4 is 26.8 Å². The van der Waals surface area contributed by atoms with Crippen molar-refractivity contribution in [3.63, 3.8) is 0 Å². The van der Waals surface area contributed by atoms with E-state index in [0.29, 0.717) is 13.2 Å². The Balaban J connectivity index is 2.16. The van der Waals surface area contributed by atoms with E-state index in [0.717, 1.165) is 33.8 Å². The Hall–Kier alpha value is -1.31. The van der Waals surface area contributed by atoms with E-state index in [1.165, 1.54) is 0 Å². The molecule has 3 nitrogen and oxygen atoms in total. The van der Waals surface area contributed by atoms with Gasteiger partial charge in [-0.1, -0.05) is 22.0 Å². The minimum atomic E-state index is -0.398. The lowest BCUT2D eigenvalue weighted by Crippen LogP contribution is -2.32. The van der Waals surface area contributed by atoms with Crippen molar-refractivity contribution in [2.45, 2.75) is 18.3 Å². The maximum atomic E-state index is 9.60. The molecule has 0 amide bonds. The summed E-state index contributed by atoms with van der Waals surface area (Å²) in [7, 11) is 0. The van der Waals surface area contributed by atoms with Crippen molar-refractivity contribution in [3.8, 4) is 6.07 Å². The zero-order valence-electron chi connectivity index (χ0n) is 9.87. The molecule has 1 saturated heterocycles. The second-order valence-electron chi connectivity index (χ2n) is 4.70. The second-order valence-corrected chi connectivity index (χ2v) is 5.61. The molecular formula is C14H13BrN2O. The minimum Gasteiger partial charge on any atom is -0.381 e. The SMILES string of the molecule is N#CC1(c2c[nH]c3cc(Br)ccc23)CCOCC1. The standard InChI is InChI=1S/C14H13BrN2O/c15-10-1-2-11-12(8-17-13(11)7-10)14(9-16)3-5-18-6-4-14/h1-2,7-8,17H,3-6H2. The molecule has 3 rings (SSSR count). The summed E-state index contributed by atoms with van der Waals surface area (Å²) in [5.74, 6) is 0. The van der Waals surface area contributed by atoms with Gasteiger partial charge in [0.05, 0.1) is 11.5 Å². The Kier molecular flexibility index (Phi) is 2.89. The highest BCUT2D eigenvalue weighted by molar-refractivity contribution is 9.10. The Morgan fingerprint density at radius 2 is 2.11 bits per heavy atom. The van der Waals surface area contributed by atoms with Crippen LogP contribution in [0.4, 0.5) is 0 Å². The molecule has 1 aliphatic rings. The maximum Gasteiger partial charge on any atom is 0.0886 e. The molecule has 0 unspecified atom stereocenters. The fraction of sp³-hybridized carbons (Fsp3) is 0.357. The topological polar surface area (TPSA) is 48.8 Å². The maximum absolute atomic E-state index is 9.60. The molecule has 92 valence electrons. The van der Waals surface area contributed by atoms with Gasteiger partial charge in [0.2, 0.25) is 0 Å². The first kappa shape index (κ1) is 11.8. The van der Waals surface area contributed by atoms with E-state index in [2.05, 4.69) is 33.0 Å². The van der Waals surface area contributed by atoms with Crippen LogP contribution in [0.15, 0.2) is 28.9 Å². The monoisotopic (exact) mass is 304 g/mol. The van der Waals surface area contributed by atoms with Gasteiger partial charge in [0, 0.05) is 34.8 Å². The first-order valence-electron chi connectivity index (χ1n) is 6.01. The third kappa shape index (κ3) is 1.75. The fourth-order valence-corrected chi connectivity index (χ4v) is 3.02. The van der Waals surface area contributed by atoms with Crippen LogP contribution in [-0.2, 0) is 10.2 Å². The lowest BCUT2D eigenvalue weighted by molar-refractivity contribution is 0.0679. The predicted molar refractivity (Wildman–Crippen MR) is 73.3 cm³/mol. The molecule has 0 atom stereocenters. The highest BCUT2D eigenvalue weighted by atomic mass is 79.9. The molecule has 4 heteroatoms. The van der Waals surface area contributed by atoms with Crippen LogP contribution in [0.2, 0.25) is 0 Å². The molecule has 18 heavy (non-hydrogen) atoms. The van der Waals surface area contributed by atoms with E-state index in [9.17, 15) is 5.26 Å². The molecule has 1 aromatic carbocycles. The summed E-state index contributed by atoms with van der Waals surface area (Å²) in [6.07, 6.45) is 3.52. The van der Waals surface area contributed by atoms with Gasteiger partial charge in [0.1, 0.15) is 0 Å². The van der Waals surface area contributed by atoms with Crippen LogP contribution in [0.1, 0.15) is 18.4 Å². The molecule has 2 aromatic rings. The van der Waals surface area contributed by atoms with Gasteiger partial charge in [-0.15, -0.1) is 0 Å². The highest BCUT2D eigenvalue weighted by Gasteiger charge is 2.36. The predicted octanol–water partition coefficient (Wildman–Crippen LogP) is 3.50. The van der Waals surface area contributed by atoms with E-state index < -0.39 is 5.41 Å². The number of ether oxygens (including phenoxy) is 1. The Morgan fingerprint density at radius 3 is 2.83 bits per heavy atom. The summed E-state index contributed by atoms with van der Waals surface area (Å²) in [6, 6.07) is 8.65. The third-order valence-corrected chi connectivity index (χ3v) is 4.21. The van der Waals surface area contributed by atoms with E-state index >= 15 is 0 Å². The van der Waals surface area contributed by atoms with Gasteiger partial charge in [-0.2, -0.15) is 5.26 Å². The number of H-pyrrole nitrogens is 1. The first-order chi connectivity index (χ1) is 8.75. The van der Waals surface area contributed by atoms with E-state index in [4.69, 9.17) is 4.74 Å². The number of aromatic nitrogens is 1. The summed E-state index contributed by atoms with van der Waals surface area (Å²) in [6.45, 7) is 1.33. The summed E-state index contributed by atoms with van der Waals surface area (Å²) < 4.78 is 6.43. The molecular weight excluding hydrogens is 292 g/mol. The van der Waals surface area contributed by atoms with Crippen LogP contribution < -0.4 is 0 Å². The lowest BCUT2D eigenvalue weighted by Gasteiger charge is -2.30. The normalized spacial score (nSPS) is 18.7. The van der Waals surface area contributed by atoms with Crippen molar-refractivity contribution in [1.29, 1.82) is 5.26 Å². The van der Waals surface area contributed by atoms with Crippen molar-refractivity contribution in [3.05, 3.63) is 34.4 Å². The van der Waals surface area contributed by atoms with Gasteiger partial charge in [-0.25, -0.2) is 0 Å². The molecule has 0 saturated carbocycles. The van der Waals surface area contributed by atoms with Crippen LogP contribution in [0.5, 0.6) is 0 Å². The average Bonchev–Trinajstić information content (AvgIpc) is 2.83. The third-order valence-electron chi connectivity index (χ3n) is 3.72. The van der Waals surface area contributed by atoms with Crippen LogP contribution in [0, 0.1) is 11.3 Å². The number of fused-ring (bicyclic) bond motifs is 1. The Morgan fingerprint density at radius 1 is 1.33 bits per heavy atom. The van der Waals surface area contributed by atoms with Gasteiger partial charge in [-0.05, 0) is 30.5 Å². The first-order valence-corrected chi connectivity index (χ1v) is 6.81. The Bertz CT molecular complexity index is 620. The molecule has 1 fully saturated rings. The Labute approximate surface area is 114 Å². The number of nitrogens with one attached hydrogen (secondary N) is 1. The number of nitrogens with zero attached hydrogens (tertiary/aromatic N) is 1. The molecule has 0 spiro atoms. The van der Waals surface area contributed by atoms with Gasteiger partial charge in [0.25, 0.3) is 0 Å². The number of halogens is 1. The van der Waals surface area contributed by atoms with Crippen LogP contribution >= 0.6 is 15.9 Å². The molecule has 0 radical (unpaired) electrons. The zero-order valence-corrected chi connectivity index (χ0v) is 11.5. The number of benzene rings is 1. The molecule has 1 aliphatic heterocycles. The molecule has 1 N–H and O–H groups in total. The quantitative estimate of drug-likeness (QED) is 0.876. The number of hydrogen-bond donors (Lipinski definition) is 1.